The Labute approximate surface area is 83.8 Å². The molecule has 0 aliphatic carbocycles. The van der Waals surface area contributed by atoms with Gasteiger partial charge in [-0.2, -0.15) is 0 Å². The van der Waals surface area contributed by atoms with E-state index in [1.165, 1.54) is 0 Å². The van der Waals surface area contributed by atoms with E-state index in [4.69, 9.17) is 11.5 Å². The summed E-state index contributed by atoms with van der Waals surface area (Å²) >= 11 is 0. The van der Waals surface area contributed by atoms with E-state index in [2.05, 4.69) is 0 Å². The second-order valence-corrected chi connectivity index (χ2v) is 5.06. The normalized spacial score (nSPS) is 11.6. The second kappa shape index (κ2) is 4.54. The minimum Gasteiger partial charge on any atom is -0.329 e. The molecular formula is C9H14N2O2S. The molecule has 4 N–H and O–H groups in total. The second-order valence-electron chi connectivity index (χ2n) is 2.96. The van der Waals surface area contributed by atoms with Gasteiger partial charge in [-0.15, -0.1) is 0 Å². The Bertz CT molecular complexity index is 384. The van der Waals surface area contributed by atoms with Gasteiger partial charge in [0.15, 0.2) is 9.84 Å². The van der Waals surface area contributed by atoms with Gasteiger partial charge in [0.2, 0.25) is 0 Å². The molecular weight excluding hydrogens is 200 g/mol. The Morgan fingerprint density at radius 1 is 1.07 bits per heavy atom. The minimum absolute atomic E-state index is 0.0189. The molecule has 0 heterocycles. The zero-order chi connectivity index (χ0) is 10.6. The van der Waals surface area contributed by atoms with Crippen LogP contribution in [-0.2, 0) is 16.4 Å². The maximum absolute atomic E-state index is 11.5. The number of nitrogens with two attached hydrogens (primary N) is 2. The average Bonchev–Trinajstić information content (AvgIpc) is 2.18. The Kier molecular flexibility index (Phi) is 3.62. The lowest BCUT2D eigenvalue weighted by Crippen LogP contribution is -2.15. The van der Waals surface area contributed by atoms with Crippen molar-refractivity contribution in [2.24, 2.45) is 11.5 Å². The smallest absolute Gasteiger partial charge is 0.179 e. The van der Waals surface area contributed by atoms with E-state index in [0.717, 1.165) is 5.56 Å². The first-order chi connectivity index (χ1) is 6.60. The molecule has 0 saturated heterocycles. The molecule has 0 spiro atoms. The van der Waals surface area contributed by atoms with Crippen molar-refractivity contribution in [1.82, 2.24) is 0 Å². The van der Waals surface area contributed by atoms with Crippen LogP contribution in [0.2, 0.25) is 0 Å². The predicted molar refractivity (Wildman–Crippen MR) is 55.4 cm³/mol. The van der Waals surface area contributed by atoms with Gasteiger partial charge in [0.25, 0.3) is 0 Å². The van der Waals surface area contributed by atoms with Crippen LogP contribution in [0.15, 0.2) is 29.2 Å². The Balaban J connectivity index is 2.97. The molecule has 5 heteroatoms. The lowest BCUT2D eigenvalue weighted by molar-refractivity contribution is 0.596. The van der Waals surface area contributed by atoms with Crippen molar-refractivity contribution in [1.29, 1.82) is 0 Å². The highest BCUT2D eigenvalue weighted by atomic mass is 32.2. The van der Waals surface area contributed by atoms with Crippen LogP contribution in [0.25, 0.3) is 0 Å². The minimum atomic E-state index is -3.20. The molecule has 0 aliphatic rings. The van der Waals surface area contributed by atoms with Crippen LogP contribution >= 0.6 is 0 Å². The monoisotopic (exact) mass is 214 g/mol. The highest BCUT2D eigenvalue weighted by Gasteiger charge is 2.12. The summed E-state index contributed by atoms with van der Waals surface area (Å²) in [5.41, 5.74) is 11.5. The van der Waals surface area contributed by atoms with Crippen LogP contribution < -0.4 is 11.5 Å². The highest BCUT2D eigenvalue weighted by Crippen LogP contribution is 2.11. The zero-order valence-corrected chi connectivity index (χ0v) is 8.63. The molecule has 1 aromatic carbocycles. The Morgan fingerprint density at radius 3 is 2.07 bits per heavy atom. The van der Waals surface area contributed by atoms with Gasteiger partial charge in [0.1, 0.15) is 0 Å². The molecule has 78 valence electrons. The van der Waals surface area contributed by atoms with E-state index >= 15 is 0 Å². The van der Waals surface area contributed by atoms with E-state index in [1.807, 2.05) is 0 Å². The summed E-state index contributed by atoms with van der Waals surface area (Å²) in [4.78, 5) is 0.306. The average molecular weight is 214 g/mol. The molecule has 0 saturated carbocycles. The molecule has 1 aromatic rings. The van der Waals surface area contributed by atoms with Gasteiger partial charge >= 0.3 is 0 Å². The number of sulfone groups is 1. The van der Waals surface area contributed by atoms with Gasteiger partial charge in [-0.05, 0) is 17.7 Å². The fourth-order valence-corrected chi connectivity index (χ4v) is 2.20. The van der Waals surface area contributed by atoms with Crippen molar-refractivity contribution in [3.05, 3.63) is 29.8 Å². The van der Waals surface area contributed by atoms with Crippen molar-refractivity contribution >= 4 is 9.84 Å². The van der Waals surface area contributed by atoms with Crippen molar-refractivity contribution in [2.75, 3.05) is 12.3 Å². The molecule has 4 nitrogen and oxygen atoms in total. The first-order valence-corrected chi connectivity index (χ1v) is 5.97. The van der Waals surface area contributed by atoms with Crippen LogP contribution in [-0.4, -0.2) is 20.7 Å². The molecule has 0 fully saturated rings. The van der Waals surface area contributed by atoms with Crippen molar-refractivity contribution in [3.63, 3.8) is 0 Å². The van der Waals surface area contributed by atoms with Crippen molar-refractivity contribution in [3.8, 4) is 0 Å². The lowest BCUT2D eigenvalue weighted by Gasteiger charge is -2.03. The summed E-state index contributed by atoms with van der Waals surface area (Å²) in [6.45, 7) is 0.554. The summed E-state index contributed by atoms with van der Waals surface area (Å²) < 4.78 is 23.0. The van der Waals surface area contributed by atoms with Gasteiger partial charge in [0.05, 0.1) is 10.6 Å². The fraction of sp³-hybridized carbons (Fsp3) is 0.333. The molecule has 1 rings (SSSR count). The maximum Gasteiger partial charge on any atom is 0.179 e. The molecule has 0 atom stereocenters. The van der Waals surface area contributed by atoms with Gasteiger partial charge in [-0.1, -0.05) is 12.1 Å². The van der Waals surface area contributed by atoms with Crippen LogP contribution in [0.5, 0.6) is 0 Å². The first kappa shape index (κ1) is 11.2. The third-order valence-corrected chi connectivity index (χ3v) is 3.67. The zero-order valence-electron chi connectivity index (χ0n) is 7.81. The summed E-state index contributed by atoms with van der Waals surface area (Å²) in [5, 5.41) is 0. The summed E-state index contributed by atoms with van der Waals surface area (Å²) in [5.74, 6) is -0.0189. The van der Waals surface area contributed by atoms with Gasteiger partial charge in [-0.25, -0.2) is 8.42 Å². The number of hydrogen-bond donors (Lipinski definition) is 2. The van der Waals surface area contributed by atoms with E-state index < -0.39 is 9.84 Å². The van der Waals surface area contributed by atoms with Crippen molar-refractivity contribution < 1.29 is 8.42 Å². The number of rotatable bonds is 4. The molecule has 0 aromatic heterocycles. The molecule has 14 heavy (non-hydrogen) atoms. The van der Waals surface area contributed by atoms with E-state index in [-0.39, 0.29) is 12.3 Å². The highest BCUT2D eigenvalue weighted by molar-refractivity contribution is 7.91. The number of hydrogen-bond acceptors (Lipinski definition) is 4. The van der Waals surface area contributed by atoms with E-state index in [0.29, 0.717) is 11.4 Å². The van der Waals surface area contributed by atoms with Gasteiger partial charge in [0, 0.05) is 13.1 Å². The fourth-order valence-electron chi connectivity index (χ4n) is 1.11. The molecule has 0 bridgehead atoms. The molecule has 0 radical (unpaired) electrons. The summed E-state index contributed by atoms with van der Waals surface area (Å²) in [6.07, 6.45) is 0. The Morgan fingerprint density at radius 2 is 1.64 bits per heavy atom. The quantitative estimate of drug-likeness (QED) is 0.731. The summed E-state index contributed by atoms with van der Waals surface area (Å²) in [6, 6.07) is 6.55. The van der Waals surface area contributed by atoms with Crippen LogP contribution in [0, 0.1) is 0 Å². The van der Waals surface area contributed by atoms with Crippen LogP contribution in [0.1, 0.15) is 5.56 Å². The van der Waals surface area contributed by atoms with Gasteiger partial charge in [-0.3, -0.25) is 0 Å². The molecule has 0 aliphatic heterocycles. The molecule has 0 amide bonds. The molecule has 0 unspecified atom stereocenters. The van der Waals surface area contributed by atoms with E-state index in [9.17, 15) is 8.42 Å². The SMILES string of the molecule is NCCS(=O)(=O)c1ccc(CN)cc1. The van der Waals surface area contributed by atoms with Crippen molar-refractivity contribution in [2.45, 2.75) is 11.4 Å². The lowest BCUT2D eigenvalue weighted by atomic mass is 10.2. The standard InChI is InChI=1S/C9H14N2O2S/c10-5-6-14(12,13)9-3-1-8(7-11)2-4-9/h1-4H,5-7,10-11H2. The topological polar surface area (TPSA) is 86.2 Å². The number of benzene rings is 1. The van der Waals surface area contributed by atoms with Crippen LogP contribution in [0.4, 0.5) is 0 Å². The Hall–Kier alpha value is -0.910. The third kappa shape index (κ3) is 2.54. The van der Waals surface area contributed by atoms with Gasteiger partial charge < -0.3 is 11.5 Å². The first-order valence-electron chi connectivity index (χ1n) is 4.32. The largest absolute Gasteiger partial charge is 0.329 e. The third-order valence-electron chi connectivity index (χ3n) is 1.90. The van der Waals surface area contributed by atoms with Crippen LogP contribution in [0.3, 0.4) is 0 Å². The predicted octanol–water partition coefficient (Wildman–Crippen LogP) is -0.122. The maximum atomic E-state index is 11.5. The van der Waals surface area contributed by atoms with E-state index in [1.54, 1.807) is 24.3 Å². The summed E-state index contributed by atoms with van der Waals surface area (Å²) in [7, 11) is -3.20.